The molecular formula is C8H8ClN3. The average molecular weight is 182 g/mol. The summed E-state index contributed by atoms with van der Waals surface area (Å²) in [4.78, 5) is 7.07. The molecular weight excluding hydrogens is 174 g/mol. The smallest absolute Gasteiger partial charge is 0.106 e. The van der Waals surface area contributed by atoms with E-state index in [1.54, 1.807) is 6.33 Å². The molecule has 2 rings (SSSR count). The van der Waals surface area contributed by atoms with Crippen LogP contribution in [0.2, 0.25) is 0 Å². The molecule has 0 aliphatic heterocycles. The van der Waals surface area contributed by atoms with E-state index < -0.39 is 5.50 Å². The van der Waals surface area contributed by atoms with E-state index in [1.165, 1.54) is 0 Å². The van der Waals surface area contributed by atoms with Crippen LogP contribution >= 0.6 is 11.6 Å². The van der Waals surface area contributed by atoms with Crippen molar-refractivity contribution in [3.8, 4) is 0 Å². The number of rotatable bonds is 1. The van der Waals surface area contributed by atoms with Crippen LogP contribution in [-0.2, 0) is 0 Å². The lowest BCUT2D eigenvalue weighted by Crippen LogP contribution is -2.01. The fourth-order valence-electron chi connectivity index (χ4n) is 1.12. The summed E-state index contributed by atoms with van der Waals surface area (Å²) >= 11 is 5.71. The number of imidazole rings is 1. The first kappa shape index (κ1) is 7.58. The van der Waals surface area contributed by atoms with Gasteiger partial charge in [0, 0.05) is 0 Å². The number of aromatic amines is 1. The van der Waals surface area contributed by atoms with Gasteiger partial charge < -0.3 is 10.7 Å². The third-order valence-corrected chi connectivity index (χ3v) is 2.01. The van der Waals surface area contributed by atoms with Gasteiger partial charge in [0.1, 0.15) is 5.50 Å². The van der Waals surface area contributed by atoms with Crippen LogP contribution in [0, 0.1) is 0 Å². The molecule has 0 saturated heterocycles. The van der Waals surface area contributed by atoms with Crippen molar-refractivity contribution >= 4 is 22.6 Å². The molecule has 0 radical (unpaired) electrons. The van der Waals surface area contributed by atoms with Crippen molar-refractivity contribution in [3.05, 3.63) is 30.1 Å². The normalized spacial score (nSPS) is 13.5. The predicted octanol–water partition coefficient (Wildman–Crippen LogP) is 1.76. The highest BCUT2D eigenvalue weighted by Gasteiger charge is 2.02. The molecule has 0 aliphatic carbocycles. The van der Waals surface area contributed by atoms with Crippen LogP contribution in [-0.4, -0.2) is 9.97 Å². The van der Waals surface area contributed by atoms with E-state index in [-0.39, 0.29) is 0 Å². The predicted molar refractivity (Wildman–Crippen MR) is 48.9 cm³/mol. The van der Waals surface area contributed by atoms with Gasteiger partial charge >= 0.3 is 0 Å². The molecule has 4 heteroatoms. The molecule has 2 aromatic rings. The summed E-state index contributed by atoms with van der Waals surface area (Å²) < 4.78 is 0. The van der Waals surface area contributed by atoms with Crippen LogP contribution in [0.5, 0.6) is 0 Å². The van der Waals surface area contributed by atoms with Crippen LogP contribution in [0.25, 0.3) is 11.0 Å². The molecule has 0 fully saturated rings. The Hall–Kier alpha value is -1.06. The molecule has 0 aliphatic rings. The summed E-state index contributed by atoms with van der Waals surface area (Å²) in [5.74, 6) is 0. The molecule has 1 atom stereocenters. The summed E-state index contributed by atoms with van der Waals surface area (Å²) in [6.45, 7) is 0. The monoisotopic (exact) mass is 181 g/mol. The molecule has 3 N–H and O–H groups in total. The summed E-state index contributed by atoms with van der Waals surface area (Å²) in [6.07, 6.45) is 1.65. The third kappa shape index (κ3) is 1.17. The largest absolute Gasteiger partial charge is 0.345 e. The van der Waals surface area contributed by atoms with Gasteiger partial charge in [-0.05, 0) is 17.7 Å². The van der Waals surface area contributed by atoms with Gasteiger partial charge in [0.05, 0.1) is 17.4 Å². The van der Waals surface area contributed by atoms with Crippen LogP contribution in [0.15, 0.2) is 24.5 Å². The minimum Gasteiger partial charge on any atom is -0.345 e. The maximum Gasteiger partial charge on any atom is 0.106 e. The fourth-order valence-corrected chi connectivity index (χ4v) is 1.26. The van der Waals surface area contributed by atoms with Gasteiger partial charge in [0.25, 0.3) is 0 Å². The van der Waals surface area contributed by atoms with E-state index in [4.69, 9.17) is 17.3 Å². The molecule has 0 spiro atoms. The van der Waals surface area contributed by atoms with Crippen LogP contribution in [0.1, 0.15) is 11.1 Å². The minimum atomic E-state index is -0.447. The molecule has 0 bridgehead atoms. The number of fused-ring (bicyclic) bond motifs is 1. The molecule has 1 aromatic heterocycles. The molecule has 0 saturated carbocycles. The van der Waals surface area contributed by atoms with E-state index in [2.05, 4.69) is 9.97 Å². The van der Waals surface area contributed by atoms with Crippen molar-refractivity contribution in [2.75, 3.05) is 0 Å². The second-order valence-electron chi connectivity index (χ2n) is 2.58. The van der Waals surface area contributed by atoms with E-state index in [0.29, 0.717) is 0 Å². The lowest BCUT2D eigenvalue weighted by atomic mass is 10.2. The number of hydrogen-bond donors (Lipinski definition) is 2. The Balaban J connectivity index is 2.60. The number of H-pyrrole nitrogens is 1. The van der Waals surface area contributed by atoms with Gasteiger partial charge in [0.15, 0.2) is 0 Å². The zero-order valence-electron chi connectivity index (χ0n) is 6.29. The maximum atomic E-state index is 5.71. The lowest BCUT2D eigenvalue weighted by molar-refractivity contribution is 1.02. The maximum absolute atomic E-state index is 5.71. The first-order valence-electron chi connectivity index (χ1n) is 3.60. The fraction of sp³-hybridized carbons (Fsp3) is 0.125. The lowest BCUT2D eigenvalue weighted by Gasteiger charge is -2.01. The number of hydrogen-bond acceptors (Lipinski definition) is 2. The van der Waals surface area contributed by atoms with Crippen molar-refractivity contribution in [2.24, 2.45) is 5.73 Å². The number of benzene rings is 1. The van der Waals surface area contributed by atoms with E-state index in [9.17, 15) is 0 Å². The number of nitrogens with two attached hydrogens (primary N) is 1. The Bertz CT molecular complexity index is 394. The van der Waals surface area contributed by atoms with Crippen molar-refractivity contribution < 1.29 is 0 Å². The van der Waals surface area contributed by atoms with Crippen LogP contribution in [0.4, 0.5) is 0 Å². The van der Waals surface area contributed by atoms with Gasteiger partial charge in [-0.3, -0.25) is 0 Å². The number of nitrogens with zero attached hydrogens (tertiary/aromatic N) is 1. The average Bonchev–Trinajstić information content (AvgIpc) is 2.49. The minimum absolute atomic E-state index is 0.447. The molecule has 62 valence electrons. The first-order chi connectivity index (χ1) is 5.77. The summed E-state index contributed by atoms with van der Waals surface area (Å²) in [6, 6.07) is 5.67. The third-order valence-electron chi connectivity index (χ3n) is 1.76. The van der Waals surface area contributed by atoms with Crippen molar-refractivity contribution in [2.45, 2.75) is 5.50 Å². The zero-order chi connectivity index (χ0) is 8.55. The Labute approximate surface area is 74.5 Å². The number of aromatic nitrogens is 2. The second-order valence-corrected chi connectivity index (χ2v) is 3.05. The highest BCUT2D eigenvalue weighted by molar-refractivity contribution is 6.20. The number of nitrogens with one attached hydrogen (secondary N) is 1. The Morgan fingerprint density at radius 3 is 3.08 bits per heavy atom. The highest BCUT2D eigenvalue weighted by atomic mass is 35.5. The Morgan fingerprint density at radius 1 is 1.50 bits per heavy atom. The zero-order valence-corrected chi connectivity index (χ0v) is 7.05. The Morgan fingerprint density at radius 2 is 2.33 bits per heavy atom. The van der Waals surface area contributed by atoms with Gasteiger partial charge in [-0.25, -0.2) is 4.98 Å². The Kier molecular flexibility index (Phi) is 1.75. The van der Waals surface area contributed by atoms with E-state index in [0.717, 1.165) is 16.6 Å². The van der Waals surface area contributed by atoms with E-state index in [1.807, 2.05) is 18.2 Å². The van der Waals surface area contributed by atoms with Gasteiger partial charge in [-0.2, -0.15) is 0 Å². The van der Waals surface area contributed by atoms with Gasteiger partial charge in [-0.1, -0.05) is 6.07 Å². The molecule has 12 heavy (non-hydrogen) atoms. The summed E-state index contributed by atoms with van der Waals surface area (Å²) in [5.41, 5.74) is 7.84. The second kappa shape index (κ2) is 2.77. The van der Waals surface area contributed by atoms with Gasteiger partial charge in [0.2, 0.25) is 0 Å². The van der Waals surface area contributed by atoms with Crippen molar-refractivity contribution in [3.63, 3.8) is 0 Å². The van der Waals surface area contributed by atoms with Crippen molar-refractivity contribution in [1.29, 1.82) is 0 Å². The summed E-state index contributed by atoms with van der Waals surface area (Å²) in [5, 5.41) is 0. The van der Waals surface area contributed by atoms with E-state index >= 15 is 0 Å². The molecule has 3 nitrogen and oxygen atoms in total. The van der Waals surface area contributed by atoms with Crippen LogP contribution in [0.3, 0.4) is 0 Å². The number of alkyl halides is 1. The highest BCUT2D eigenvalue weighted by Crippen LogP contribution is 2.18. The standard InChI is InChI=1S/C8H8ClN3/c9-8(10)5-1-2-6-7(3-5)12-4-11-6/h1-4,8H,10H2,(H,11,12). The SMILES string of the molecule is NC(Cl)c1ccc2nc[nH]c2c1. The quantitative estimate of drug-likeness (QED) is 0.520. The topological polar surface area (TPSA) is 54.7 Å². The molecule has 1 heterocycles. The van der Waals surface area contributed by atoms with Crippen molar-refractivity contribution in [1.82, 2.24) is 9.97 Å². The molecule has 0 amide bonds. The first-order valence-corrected chi connectivity index (χ1v) is 4.04. The molecule has 1 aromatic carbocycles. The summed E-state index contributed by atoms with van der Waals surface area (Å²) in [7, 11) is 0. The van der Waals surface area contributed by atoms with Gasteiger partial charge in [-0.15, -0.1) is 11.6 Å². The molecule has 1 unspecified atom stereocenters. The van der Waals surface area contributed by atoms with Crippen LogP contribution < -0.4 is 5.73 Å². The number of halogens is 1.